The summed E-state index contributed by atoms with van der Waals surface area (Å²) in [7, 11) is 8.62. The second-order valence-electron chi connectivity index (χ2n) is 21.3. The predicted octanol–water partition coefficient (Wildman–Crippen LogP) is 5.70. The Labute approximate surface area is 442 Å². The summed E-state index contributed by atoms with van der Waals surface area (Å²) >= 11 is 0. The van der Waals surface area contributed by atoms with Gasteiger partial charge in [-0.1, -0.05) is 97.7 Å². The van der Waals surface area contributed by atoms with E-state index in [1.54, 1.807) is 55.7 Å². The van der Waals surface area contributed by atoms with Crippen LogP contribution in [0.3, 0.4) is 0 Å². The van der Waals surface area contributed by atoms with E-state index in [9.17, 15) is 33.6 Å². The molecule has 1 aromatic rings. The van der Waals surface area contributed by atoms with Gasteiger partial charge in [0.15, 0.2) is 5.78 Å². The van der Waals surface area contributed by atoms with Crippen LogP contribution in [0.25, 0.3) is 0 Å². The maximum Gasteiger partial charge on any atom is 0.306 e. The second kappa shape index (κ2) is 31.8. The highest BCUT2D eigenvalue weighted by atomic mass is 16.5. The van der Waals surface area contributed by atoms with E-state index in [0.29, 0.717) is 56.6 Å². The third kappa shape index (κ3) is 19.0. The number of hydrogen-bond acceptors (Lipinski definition) is 13. The Balaban J connectivity index is 1.65. The average molecular weight is 1040 g/mol. The van der Waals surface area contributed by atoms with Gasteiger partial charge in [-0.25, -0.2) is 5.43 Å². The summed E-state index contributed by atoms with van der Waals surface area (Å²) in [6, 6.07) is 6.72. The number of hydrogen-bond donors (Lipinski definition) is 3. The standard InChI is InChI=1S/C56H92N8O10/c1-15-38(6)52(62(12)56(71)50(36(2)3)57-35-44(65)51(37(4)5)61(10)11)45(72-13)34-48(68)64-33-22-26-43(64)53(73-14)40(8)55(70)58-41(9)54(42-24-18-16-19-25-42)74-49(69)30-29-39(7)59-60-46(66)27-20-17-21-31-63-32-23-28-47(63)67/h16,18-19,23-25,28,36-38,40-41,43,45,50-54,57H,15,17,20-22,26-27,29-35H2,1-14H3,(H,58,70)(H,60,66)/b59-39+/t38-,40+,41+,43-,45+,50-,51-,52-,53+,54+/m0/s1. The SMILES string of the molecule is CC[C@H](C)[C@@H]([C@@H](CC(=O)N1CCC[C@H]1[C@H](OC)[C@@H](C)C(=O)N[C@H](C)[C@@H](OC(=O)CC/C(C)=N/NC(=O)CCCCCN1CC=CC1=O)c1ccccc1)OC)N(C)C(=O)[C@@H](NCC(=O)[C@H](C(C)C)N(C)C)C(C)C. The number of rotatable bonds is 33. The number of methoxy groups -OCH3 is 2. The Hall–Kier alpha value is -5.04. The van der Waals surface area contributed by atoms with Gasteiger partial charge in [-0.05, 0) is 83.4 Å². The Bertz CT molecular complexity index is 2020. The first-order valence-electron chi connectivity index (χ1n) is 26.9. The van der Waals surface area contributed by atoms with Crippen molar-refractivity contribution in [3.8, 4) is 0 Å². The van der Waals surface area contributed by atoms with E-state index in [2.05, 4.69) is 21.2 Å². The van der Waals surface area contributed by atoms with Crippen LogP contribution >= 0.6 is 0 Å². The summed E-state index contributed by atoms with van der Waals surface area (Å²) in [4.78, 5) is 101. The lowest BCUT2D eigenvalue weighted by molar-refractivity contribution is -0.152. The maximum absolute atomic E-state index is 14.5. The number of unbranched alkanes of at least 4 members (excludes halogenated alkanes) is 2. The number of likely N-dealkylation sites (N-methyl/N-ethyl adjacent to an activating group) is 2. The van der Waals surface area contributed by atoms with E-state index in [0.717, 1.165) is 19.3 Å². The number of nitrogens with zero attached hydrogens (tertiary/aromatic N) is 5. The van der Waals surface area contributed by atoms with Crippen LogP contribution in [0.2, 0.25) is 0 Å². The quantitative estimate of drug-likeness (QED) is 0.0336. The summed E-state index contributed by atoms with van der Waals surface area (Å²) in [6.45, 7) is 19.1. The molecular weight excluding hydrogens is 945 g/mol. The van der Waals surface area contributed by atoms with E-state index in [4.69, 9.17) is 14.2 Å². The summed E-state index contributed by atoms with van der Waals surface area (Å²) in [6.07, 6.45) is 6.15. The summed E-state index contributed by atoms with van der Waals surface area (Å²) < 4.78 is 18.2. The predicted molar refractivity (Wildman–Crippen MR) is 288 cm³/mol. The lowest BCUT2D eigenvalue weighted by Gasteiger charge is -2.41. The minimum Gasteiger partial charge on any atom is -0.455 e. The van der Waals surface area contributed by atoms with Gasteiger partial charge < -0.3 is 34.2 Å². The molecule has 0 saturated carbocycles. The van der Waals surface area contributed by atoms with Crippen molar-refractivity contribution < 1.29 is 47.8 Å². The molecule has 0 bridgehead atoms. The molecule has 18 heteroatoms. The summed E-state index contributed by atoms with van der Waals surface area (Å²) in [5.41, 5.74) is 3.81. The molecule has 416 valence electrons. The number of esters is 1. The zero-order valence-corrected chi connectivity index (χ0v) is 47.2. The summed E-state index contributed by atoms with van der Waals surface area (Å²) in [5, 5.41) is 10.5. The molecule has 3 rings (SSSR count). The van der Waals surface area contributed by atoms with Gasteiger partial charge in [-0.3, -0.25) is 43.8 Å². The lowest BCUT2D eigenvalue weighted by atomic mass is 9.89. The molecule has 2 aliphatic rings. The zero-order chi connectivity index (χ0) is 55.2. The lowest BCUT2D eigenvalue weighted by Crippen LogP contribution is -2.58. The van der Waals surface area contributed by atoms with Crippen molar-refractivity contribution in [2.45, 2.75) is 175 Å². The van der Waals surface area contributed by atoms with Crippen molar-refractivity contribution in [2.24, 2.45) is 28.8 Å². The molecule has 18 nitrogen and oxygen atoms in total. The average Bonchev–Trinajstić information content (AvgIpc) is 4.02. The number of likely N-dealkylation sites (tertiary alicyclic amines) is 1. The molecule has 0 radical (unpaired) electrons. The van der Waals surface area contributed by atoms with E-state index in [1.165, 1.54) is 7.11 Å². The summed E-state index contributed by atoms with van der Waals surface area (Å²) in [5.74, 6) is -2.14. The molecule has 10 atom stereocenters. The minimum absolute atomic E-state index is 0.00185. The molecule has 0 aliphatic carbocycles. The fraction of sp³-hybridized carbons (Fsp3) is 0.714. The molecule has 74 heavy (non-hydrogen) atoms. The van der Waals surface area contributed by atoms with Crippen LogP contribution in [0.1, 0.15) is 138 Å². The van der Waals surface area contributed by atoms with Crippen molar-refractivity contribution in [1.29, 1.82) is 0 Å². The smallest absolute Gasteiger partial charge is 0.306 e. The fourth-order valence-electron chi connectivity index (χ4n) is 10.4. The normalized spacial score (nSPS) is 18.7. The number of benzene rings is 1. The first-order chi connectivity index (χ1) is 35.1. The fourth-order valence-corrected chi connectivity index (χ4v) is 10.4. The number of nitrogens with one attached hydrogen (secondary N) is 3. The largest absolute Gasteiger partial charge is 0.455 e. The molecular formula is C56H92N8O10. The van der Waals surface area contributed by atoms with Crippen LogP contribution in [-0.2, 0) is 47.8 Å². The molecule has 0 aromatic heterocycles. The number of Topliss-reactive ketones (excluding diaryl/α,β-unsaturated/α-hetero) is 1. The van der Waals surface area contributed by atoms with Crippen LogP contribution in [0.4, 0.5) is 0 Å². The highest BCUT2D eigenvalue weighted by molar-refractivity contribution is 5.90. The molecule has 2 heterocycles. The van der Waals surface area contributed by atoms with Crippen molar-refractivity contribution in [3.63, 3.8) is 0 Å². The molecule has 1 fully saturated rings. The van der Waals surface area contributed by atoms with Gasteiger partial charge in [0, 0.05) is 59.1 Å². The van der Waals surface area contributed by atoms with Gasteiger partial charge in [-0.15, -0.1) is 0 Å². The number of ketones is 1. The highest BCUT2D eigenvalue weighted by Gasteiger charge is 2.43. The second-order valence-corrected chi connectivity index (χ2v) is 21.3. The van der Waals surface area contributed by atoms with Gasteiger partial charge in [0.2, 0.25) is 29.5 Å². The highest BCUT2D eigenvalue weighted by Crippen LogP contribution is 2.31. The molecule has 0 spiro atoms. The molecule has 2 aliphatic heterocycles. The van der Waals surface area contributed by atoms with Gasteiger partial charge in [0.25, 0.3) is 0 Å². The van der Waals surface area contributed by atoms with Gasteiger partial charge in [0.05, 0.1) is 67.7 Å². The monoisotopic (exact) mass is 1040 g/mol. The van der Waals surface area contributed by atoms with Crippen LogP contribution in [-0.4, -0.2) is 171 Å². The maximum atomic E-state index is 14.5. The number of carbonyl (C=O) groups excluding carboxylic acids is 7. The number of hydrazone groups is 1. The van der Waals surface area contributed by atoms with Crippen molar-refractivity contribution >= 4 is 47.0 Å². The van der Waals surface area contributed by atoms with Gasteiger partial charge in [0.1, 0.15) is 6.10 Å². The van der Waals surface area contributed by atoms with Gasteiger partial charge in [-0.2, -0.15) is 5.10 Å². The van der Waals surface area contributed by atoms with Crippen molar-refractivity contribution in [2.75, 3.05) is 61.5 Å². The van der Waals surface area contributed by atoms with E-state index in [1.807, 2.05) is 96.9 Å². The Kier molecular flexibility index (Phi) is 27.1. The molecule has 1 saturated heterocycles. The number of ether oxygens (including phenoxy) is 3. The van der Waals surface area contributed by atoms with E-state index in [-0.39, 0.29) is 84.9 Å². The topological polar surface area (TPSA) is 209 Å². The van der Waals surface area contributed by atoms with Crippen molar-refractivity contribution in [3.05, 3.63) is 48.0 Å². The van der Waals surface area contributed by atoms with Crippen molar-refractivity contribution in [1.82, 2.24) is 35.7 Å². The van der Waals surface area contributed by atoms with Gasteiger partial charge >= 0.3 is 5.97 Å². The third-order valence-electron chi connectivity index (χ3n) is 14.7. The Morgan fingerprint density at radius 2 is 1.57 bits per heavy atom. The minimum atomic E-state index is -0.828. The molecule has 1 aromatic carbocycles. The first kappa shape index (κ1) is 63.3. The first-order valence-corrected chi connectivity index (χ1v) is 26.9. The van der Waals surface area contributed by atoms with Crippen LogP contribution in [0.15, 0.2) is 47.6 Å². The third-order valence-corrected chi connectivity index (χ3v) is 14.7. The zero-order valence-electron chi connectivity index (χ0n) is 47.2. The Morgan fingerprint density at radius 1 is 0.878 bits per heavy atom. The number of carbonyl (C=O) groups is 7. The van der Waals surface area contributed by atoms with Crippen LogP contribution < -0.4 is 16.1 Å². The van der Waals surface area contributed by atoms with Crippen LogP contribution in [0, 0.1) is 23.7 Å². The Morgan fingerprint density at radius 3 is 2.15 bits per heavy atom. The van der Waals surface area contributed by atoms with E-state index < -0.39 is 54.4 Å². The molecule has 0 unspecified atom stereocenters. The molecule has 3 N–H and O–H groups in total. The van der Waals surface area contributed by atoms with Crippen LogP contribution in [0.5, 0.6) is 0 Å². The molecule has 5 amide bonds. The van der Waals surface area contributed by atoms with E-state index >= 15 is 0 Å². The number of amides is 5.